The molecule has 26 heavy (non-hydrogen) atoms. The van der Waals surface area contributed by atoms with Crippen LogP contribution in [0.3, 0.4) is 0 Å². The van der Waals surface area contributed by atoms with Crippen molar-refractivity contribution in [3.05, 3.63) is 96.1 Å². The molecule has 1 amide bonds. The highest BCUT2D eigenvalue weighted by Crippen LogP contribution is 2.21. The van der Waals surface area contributed by atoms with Crippen molar-refractivity contribution in [2.24, 2.45) is 5.73 Å². The van der Waals surface area contributed by atoms with Crippen LogP contribution >= 0.6 is 0 Å². The Hall–Kier alpha value is -3.47. The first kappa shape index (κ1) is 17.4. The minimum atomic E-state index is -0.463. The van der Waals surface area contributed by atoms with Crippen molar-refractivity contribution in [2.45, 2.75) is 6.42 Å². The van der Waals surface area contributed by atoms with Crippen molar-refractivity contribution >= 4 is 11.7 Å². The molecule has 0 unspecified atom stereocenters. The summed E-state index contributed by atoms with van der Waals surface area (Å²) >= 11 is 0. The number of primary amides is 1. The van der Waals surface area contributed by atoms with E-state index < -0.39 is 5.91 Å². The van der Waals surface area contributed by atoms with Crippen molar-refractivity contribution in [2.75, 3.05) is 5.32 Å². The molecule has 5 heteroatoms. The summed E-state index contributed by atoms with van der Waals surface area (Å²) in [7, 11) is 0. The molecule has 0 aliphatic heterocycles. The standard InChI is InChI=1S/C21H18FN3O/c1-14(11-15-5-8-19(22)9-6-15)25-20-10-7-18(13-24-20)16-3-2-4-17(12-16)21(23)26/h2-10,12-13H,1,11H2,(H2,23,26)(H,24,25). The summed E-state index contributed by atoms with van der Waals surface area (Å²) in [6.45, 7) is 3.98. The number of hydrogen-bond donors (Lipinski definition) is 2. The third-order valence-corrected chi connectivity index (χ3v) is 3.88. The van der Waals surface area contributed by atoms with Gasteiger partial charge in [0.1, 0.15) is 11.6 Å². The van der Waals surface area contributed by atoms with E-state index in [0.29, 0.717) is 17.8 Å². The molecule has 3 aromatic rings. The number of pyridine rings is 1. The fraction of sp³-hybridized carbons (Fsp3) is 0.0476. The number of hydrogen-bond acceptors (Lipinski definition) is 3. The van der Waals surface area contributed by atoms with Crippen LogP contribution in [0, 0.1) is 5.82 Å². The van der Waals surface area contributed by atoms with Crippen LogP contribution in [0.4, 0.5) is 10.2 Å². The maximum Gasteiger partial charge on any atom is 0.248 e. The Kier molecular flexibility index (Phi) is 5.08. The SMILES string of the molecule is C=C(Cc1ccc(F)cc1)Nc1ccc(-c2cccc(C(N)=O)c2)cn1. The van der Waals surface area contributed by atoms with Crippen molar-refractivity contribution < 1.29 is 9.18 Å². The summed E-state index contributed by atoms with van der Waals surface area (Å²) in [5.41, 5.74) is 9.23. The highest BCUT2D eigenvalue weighted by molar-refractivity contribution is 5.94. The largest absolute Gasteiger partial charge is 0.366 e. The molecule has 0 saturated heterocycles. The second-order valence-corrected chi connectivity index (χ2v) is 5.91. The number of nitrogens with two attached hydrogens (primary N) is 1. The van der Waals surface area contributed by atoms with Crippen LogP contribution < -0.4 is 11.1 Å². The molecule has 0 radical (unpaired) electrons. The van der Waals surface area contributed by atoms with Crippen LogP contribution in [-0.2, 0) is 6.42 Å². The van der Waals surface area contributed by atoms with Crippen molar-refractivity contribution in [1.29, 1.82) is 0 Å². The summed E-state index contributed by atoms with van der Waals surface area (Å²) in [6.07, 6.45) is 2.29. The van der Waals surface area contributed by atoms with Crippen molar-refractivity contribution in [3.8, 4) is 11.1 Å². The average molecular weight is 347 g/mol. The van der Waals surface area contributed by atoms with Gasteiger partial charge in [-0.25, -0.2) is 9.37 Å². The highest BCUT2D eigenvalue weighted by atomic mass is 19.1. The van der Waals surface area contributed by atoms with Crippen LogP contribution in [0.25, 0.3) is 11.1 Å². The summed E-state index contributed by atoms with van der Waals surface area (Å²) in [6, 6.07) is 17.1. The summed E-state index contributed by atoms with van der Waals surface area (Å²) in [5.74, 6) is -0.0629. The maximum absolute atomic E-state index is 12.9. The molecule has 1 aromatic heterocycles. The lowest BCUT2D eigenvalue weighted by Gasteiger charge is -2.10. The van der Waals surface area contributed by atoms with Crippen molar-refractivity contribution in [1.82, 2.24) is 4.98 Å². The Balaban J connectivity index is 1.67. The zero-order valence-corrected chi connectivity index (χ0v) is 14.1. The lowest BCUT2D eigenvalue weighted by molar-refractivity contribution is 0.100. The summed E-state index contributed by atoms with van der Waals surface area (Å²) < 4.78 is 12.9. The molecule has 4 nitrogen and oxygen atoms in total. The second-order valence-electron chi connectivity index (χ2n) is 5.91. The third kappa shape index (κ3) is 4.33. The topological polar surface area (TPSA) is 68.0 Å². The third-order valence-electron chi connectivity index (χ3n) is 3.88. The number of nitrogens with one attached hydrogen (secondary N) is 1. The Morgan fingerprint density at radius 3 is 2.50 bits per heavy atom. The highest BCUT2D eigenvalue weighted by Gasteiger charge is 2.05. The van der Waals surface area contributed by atoms with Crippen LogP contribution in [0.15, 0.2) is 79.1 Å². The molecule has 2 aromatic carbocycles. The lowest BCUT2D eigenvalue weighted by Crippen LogP contribution is -2.10. The van der Waals surface area contributed by atoms with E-state index in [1.807, 2.05) is 18.2 Å². The molecule has 0 spiro atoms. The molecular weight excluding hydrogens is 329 g/mol. The molecule has 130 valence electrons. The second kappa shape index (κ2) is 7.61. The van der Waals surface area contributed by atoms with Gasteiger partial charge in [0, 0.05) is 29.4 Å². The molecule has 3 rings (SSSR count). The van der Waals surface area contributed by atoms with Gasteiger partial charge in [-0.05, 0) is 47.5 Å². The first-order valence-corrected chi connectivity index (χ1v) is 8.07. The monoisotopic (exact) mass is 347 g/mol. The molecule has 3 N–H and O–H groups in total. The molecule has 1 heterocycles. The van der Waals surface area contributed by atoms with E-state index in [1.54, 1.807) is 36.5 Å². The quantitative estimate of drug-likeness (QED) is 0.704. The first-order chi connectivity index (χ1) is 12.5. The number of amides is 1. The number of anilines is 1. The number of carbonyl (C=O) groups is 1. The van der Waals surface area contributed by atoms with Gasteiger partial charge in [-0.3, -0.25) is 4.79 Å². The van der Waals surface area contributed by atoms with Gasteiger partial charge in [-0.15, -0.1) is 0 Å². The molecule has 0 fully saturated rings. The van der Waals surface area contributed by atoms with Crippen LogP contribution in [0.5, 0.6) is 0 Å². The molecule has 0 bridgehead atoms. The summed E-state index contributed by atoms with van der Waals surface area (Å²) in [5, 5.41) is 3.14. The first-order valence-electron chi connectivity index (χ1n) is 8.07. The van der Waals surface area contributed by atoms with E-state index in [-0.39, 0.29) is 5.82 Å². The fourth-order valence-corrected chi connectivity index (χ4v) is 2.56. The number of allylic oxidation sites excluding steroid dienone is 1. The number of halogens is 1. The zero-order valence-electron chi connectivity index (χ0n) is 14.1. The maximum atomic E-state index is 12.9. The minimum absolute atomic E-state index is 0.259. The minimum Gasteiger partial charge on any atom is -0.366 e. The van der Waals surface area contributed by atoms with E-state index >= 15 is 0 Å². The molecular formula is C21H18FN3O. The Bertz CT molecular complexity index is 934. The van der Waals surface area contributed by atoms with E-state index in [9.17, 15) is 9.18 Å². The van der Waals surface area contributed by atoms with Crippen LogP contribution in [-0.4, -0.2) is 10.9 Å². The van der Waals surface area contributed by atoms with Gasteiger partial charge in [0.15, 0.2) is 0 Å². The predicted octanol–water partition coefficient (Wildman–Crippen LogP) is 4.15. The Morgan fingerprint density at radius 1 is 1.08 bits per heavy atom. The molecule has 0 saturated carbocycles. The van der Waals surface area contributed by atoms with E-state index in [2.05, 4.69) is 16.9 Å². The van der Waals surface area contributed by atoms with Gasteiger partial charge < -0.3 is 11.1 Å². The molecule has 0 aliphatic rings. The number of carbonyl (C=O) groups excluding carboxylic acids is 1. The van der Waals surface area contributed by atoms with Crippen LogP contribution in [0.1, 0.15) is 15.9 Å². The van der Waals surface area contributed by atoms with Gasteiger partial charge in [0.2, 0.25) is 5.91 Å². The number of benzene rings is 2. The van der Waals surface area contributed by atoms with Gasteiger partial charge in [0.25, 0.3) is 0 Å². The lowest BCUT2D eigenvalue weighted by atomic mass is 10.0. The fourth-order valence-electron chi connectivity index (χ4n) is 2.56. The van der Waals surface area contributed by atoms with Gasteiger partial charge in [-0.1, -0.05) is 30.8 Å². The van der Waals surface area contributed by atoms with Crippen LogP contribution in [0.2, 0.25) is 0 Å². The smallest absolute Gasteiger partial charge is 0.248 e. The van der Waals surface area contributed by atoms with Gasteiger partial charge >= 0.3 is 0 Å². The number of nitrogens with zero attached hydrogens (tertiary/aromatic N) is 1. The predicted molar refractivity (Wildman–Crippen MR) is 101 cm³/mol. The Labute approximate surface area is 151 Å². The van der Waals surface area contributed by atoms with E-state index in [4.69, 9.17) is 5.73 Å². The van der Waals surface area contributed by atoms with Gasteiger partial charge in [-0.2, -0.15) is 0 Å². The summed E-state index contributed by atoms with van der Waals surface area (Å²) in [4.78, 5) is 15.7. The van der Waals surface area contributed by atoms with E-state index in [1.165, 1.54) is 12.1 Å². The number of aromatic nitrogens is 1. The molecule has 0 aliphatic carbocycles. The van der Waals surface area contributed by atoms with E-state index in [0.717, 1.165) is 22.4 Å². The normalized spacial score (nSPS) is 10.3. The average Bonchev–Trinajstić information content (AvgIpc) is 2.64. The molecule has 0 atom stereocenters. The van der Waals surface area contributed by atoms with Crippen molar-refractivity contribution in [3.63, 3.8) is 0 Å². The van der Waals surface area contributed by atoms with Gasteiger partial charge in [0.05, 0.1) is 0 Å². The Morgan fingerprint density at radius 2 is 1.85 bits per heavy atom. The number of rotatable bonds is 6. The zero-order chi connectivity index (χ0) is 18.5.